The van der Waals surface area contributed by atoms with E-state index in [-0.39, 0.29) is 42.2 Å². The molecular weight excluding hydrogens is 661 g/mol. The van der Waals surface area contributed by atoms with Gasteiger partial charge in [-0.15, -0.1) is 0 Å². The van der Waals surface area contributed by atoms with Crippen LogP contribution in [0.1, 0.15) is 60.2 Å². The molecule has 0 unspecified atom stereocenters. The van der Waals surface area contributed by atoms with Crippen LogP contribution in [-0.2, 0) is 32.6 Å². The Labute approximate surface area is 301 Å². The Morgan fingerprint density at radius 3 is 2.06 bits per heavy atom. The molecule has 1 saturated heterocycles. The van der Waals surface area contributed by atoms with Gasteiger partial charge in [-0.05, 0) is 59.5 Å². The molecule has 8 nitrogen and oxygen atoms in total. The van der Waals surface area contributed by atoms with E-state index in [0.29, 0.717) is 6.54 Å². The van der Waals surface area contributed by atoms with Crippen molar-refractivity contribution in [1.29, 1.82) is 0 Å². The molecule has 1 aliphatic heterocycles. The van der Waals surface area contributed by atoms with E-state index in [0.717, 1.165) is 38.9 Å². The lowest BCUT2D eigenvalue weighted by molar-refractivity contribution is -0.276. The predicted molar refractivity (Wildman–Crippen MR) is 199 cm³/mol. The fourth-order valence-electron chi connectivity index (χ4n) is 6.58. The van der Waals surface area contributed by atoms with Gasteiger partial charge >= 0.3 is 0 Å². The number of benzene rings is 5. The van der Waals surface area contributed by atoms with Crippen molar-refractivity contribution in [3.05, 3.63) is 161 Å². The summed E-state index contributed by atoms with van der Waals surface area (Å²) in [4.78, 5) is 2.36. The highest BCUT2D eigenvalue weighted by molar-refractivity contribution is 7.89. The first kappa shape index (κ1) is 36.6. The Bertz CT molecular complexity index is 1960. The third-order valence-electron chi connectivity index (χ3n) is 9.90. The molecule has 0 amide bonds. The fraction of sp³-hybridized carbons (Fsp3) is 0.286. The molecule has 9 heteroatoms. The van der Waals surface area contributed by atoms with Crippen LogP contribution in [0.5, 0.6) is 0 Å². The van der Waals surface area contributed by atoms with Crippen molar-refractivity contribution in [2.24, 2.45) is 5.92 Å². The highest BCUT2D eigenvalue weighted by Gasteiger charge is 2.39. The van der Waals surface area contributed by atoms with Crippen LogP contribution in [0.4, 0.5) is 0 Å². The SMILES string of the molecule is C[C@@H]1[C@H](CN(C)[C@@H](C)[C@H](O)c2ccccc2)O[C@H](c2ccc(-c3ccccc3CNS(=O)(=O)c3ccccc3)cc2)O[C@@H]1c1ccc(CO)cc1. The van der Waals surface area contributed by atoms with E-state index in [1.807, 2.05) is 117 Å². The van der Waals surface area contributed by atoms with Gasteiger partial charge in [0.15, 0.2) is 6.29 Å². The molecule has 0 bridgehead atoms. The number of nitrogens with one attached hydrogen (secondary N) is 1. The van der Waals surface area contributed by atoms with E-state index >= 15 is 0 Å². The second-order valence-electron chi connectivity index (χ2n) is 13.3. The second-order valence-corrected chi connectivity index (χ2v) is 15.0. The first-order valence-electron chi connectivity index (χ1n) is 17.3. The topological polar surface area (TPSA) is 108 Å². The molecule has 1 heterocycles. The Morgan fingerprint density at radius 1 is 0.784 bits per heavy atom. The molecule has 0 aromatic heterocycles. The third-order valence-corrected chi connectivity index (χ3v) is 11.3. The minimum absolute atomic E-state index is 0.0180. The number of nitrogens with zero attached hydrogens (tertiary/aromatic N) is 1. The zero-order chi connectivity index (χ0) is 36.0. The van der Waals surface area contributed by atoms with E-state index in [1.165, 1.54) is 0 Å². The average Bonchev–Trinajstić information content (AvgIpc) is 3.18. The number of aliphatic hydroxyl groups excluding tert-OH is 2. The zero-order valence-corrected chi connectivity index (χ0v) is 30.0. The van der Waals surface area contributed by atoms with Crippen LogP contribution < -0.4 is 4.72 Å². The van der Waals surface area contributed by atoms with Crippen molar-refractivity contribution in [1.82, 2.24) is 9.62 Å². The van der Waals surface area contributed by atoms with Gasteiger partial charge in [-0.2, -0.15) is 0 Å². The van der Waals surface area contributed by atoms with Crippen molar-refractivity contribution in [3.8, 4) is 11.1 Å². The van der Waals surface area contributed by atoms with Crippen LogP contribution in [0, 0.1) is 5.92 Å². The third kappa shape index (κ3) is 8.65. The summed E-state index contributed by atoms with van der Waals surface area (Å²) in [6.45, 7) is 4.83. The van der Waals surface area contributed by atoms with Gasteiger partial charge in [-0.3, -0.25) is 4.90 Å². The minimum Gasteiger partial charge on any atom is -0.392 e. The molecule has 0 radical (unpaired) electrons. The van der Waals surface area contributed by atoms with Gasteiger partial charge in [0.1, 0.15) is 0 Å². The smallest absolute Gasteiger partial charge is 0.240 e. The molecule has 5 aromatic carbocycles. The van der Waals surface area contributed by atoms with Gasteiger partial charge in [-0.25, -0.2) is 13.1 Å². The summed E-state index contributed by atoms with van der Waals surface area (Å²) in [7, 11) is -1.66. The zero-order valence-electron chi connectivity index (χ0n) is 29.2. The van der Waals surface area contributed by atoms with Crippen molar-refractivity contribution in [2.75, 3.05) is 13.6 Å². The van der Waals surface area contributed by atoms with Gasteiger partial charge in [0.05, 0.1) is 29.8 Å². The normalized spacial score (nSPS) is 20.6. The standard InChI is InChI=1S/C42H46N2O6S/c1-29-39(27-44(3)30(2)40(46)33-12-6-4-7-13-33)49-42(50-41(29)34-20-18-31(28-45)19-21-34)35-24-22-32(23-25-35)38-17-11-10-14-36(38)26-43-51(47,48)37-15-8-5-9-16-37/h4-25,29-30,39-43,45-46H,26-28H2,1-3H3/t29-,30+,39+,40+,41+,42+/m1/s1. The number of ether oxygens (including phenoxy) is 2. The van der Waals surface area contributed by atoms with E-state index in [2.05, 4.69) is 16.5 Å². The van der Waals surface area contributed by atoms with Gasteiger partial charge in [0.2, 0.25) is 10.0 Å². The molecule has 0 saturated carbocycles. The van der Waals surface area contributed by atoms with Crippen molar-refractivity contribution >= 4 is 10.0 Å². The monoisotopic (exact) mass is 706 g/mol. The Balaban J connectivity index is 1.22. The maximum absolute atomic E-state index is 12.9. The highest BCUT2D eigenvalue weighted by atomic mass is 32.2. The van der Waals surface area contributed by atoms with E-state index < -0.39 is 22.4 Å². The predicted octanol–water partition coefficient (Wildman–Crippen LogP) is 7.17. The van der Waals surface area contributed by atoms with Gasteiger partial charge in [-0.1, -0.05) is 128 Å². The van der Waals surface area contributed by atoms with Gasteiger partial charge in [0.25, 0.3) is 0 Å². The molecule has 5 aromatic rings. The molecule has 0 spiro atoms. The van der Waals surface area contributed by atoms with E-state index in [4.69, 9.17) is 9.47 Å². The molecule has 6 atom stereocenters. The Morgan fingerprint density at radius 2 is 1.39 bits per heavy atom. The summed E-state index contributed by atoms with van der Waals surface area (Å²) >= 11 is 0. The summed E-state index contributed by atoms with van der Waals surface area (Å²) in [6.07, 6.45) is -1.81. The maximum atomic E-state index is 12.9. The quantitative estimate of drug-likeness (QED) is 0.119. The van der Waals surface area contributed by atoms with Crippen molar-refractivity contribution < 1.29 is 28.1 Å². The van der Waals surface area contributed by atoms with Crippen LogP contribution >= 0.6 is 0 Å². The highest BCUT2D eigenvalue weighted by Crippen LogP contribution is 2.42. The average molecular weight is 707 g/mol. The Hall–Kier alpha value is -4.19. The van der Waals surface area contributed by atoms with Gasteiger partial charge < -0.3 is 19.7 Å². The van der Waals surface area contributed by atoms with Gasteiger partial charge in [0, 0.05) is 30.6 Å². The number of rotatable bonds is 13. The molecule has 3 N–H and O–H groups in total. The molecule has 1 aliphatic rings. The van der Waals surface area contributed by atoms with Crippen LogP contribution in [-0.4, -0.2) is 49.3 Å². The number of hydrogen-bond donors (Lipinski definition) is 3. The number of aliphatic hydroxyl groups is 2. The minimum atomic E-state index is -3.67. The summed E-state index contributed by atoms with van der Waals surface area (Å²) in [5.41, 5.74) is 6.27. The second kappa shape index (κ2) is 16.4. The lowest BCUT2D eigenvalue weighted by Gasteiger charge is -2.43. The van der Waals surface area contributed by atoms with Crippen molar-refractivity contribution in [3.63, 3.8) is 0 Å². The van der Waals surface area contributed by atoms with Crippen LogP contribution in [0.25, 0.3) is 11.1 Å². The first-order chi connectivity index (χ1) is 24.6. The lowest BCUT2D eigenvalue weighted by Crippen LogP contribution is -2.46. The fourth-order valence-corrected chi connectivity index (χ4v) is 7.61. The number of hydrogen-bond acceptors (Lipinski definition) is 7. The van der Waals surface area contributed by atoms with Crippen LogP contribution in [0.2, 0.25) is 0 Å². The summed E-state index contributed by atoms with van der Waals surface area (Å²) in [5, 5.41) is 20.8. The first-order valence-corrected chi connectivity index (χ1v) is 18.8. The molecule has 51 heavy (non-hydrogen) atoms. The van der Waals surface area contributed by atoms with Crippen LogP contribution in [0.3, 0.4) is 0 Å². The summed E-state index contributed by atoms with van der Waals surface area (Å²) in [5.74, 6) is -0.0180. The number of likely N-dealkylation sites (N-methyl/N-ethyl adjacent to an activating group) is 1. The summed E-state index contributed by atoms with van der Waals surface area (Å²) in [6, 6.07) is 41.5. The van der Waals surface area contributed by atoms with E-state index in [9.17, 15) is 18.6 Å². The molecule has 1 fully saturated rings. The molecule has 6 rings (SSSR count). The van der Waals surface area contributed by atoms with Crippen LogP contribution in [0.15, 0.2) is 138 Å². The maximum Gasteiger partial charge on any atom is 0.240 e. The molecule has 266 valence electrons. The molecular formula is C42H46N2O6S. The Kier molecular flexibility index (Phi) is 11.8. The lowest BCUT2D eigenvalue weighted by atomic mass is 9.89. The summed E-state index contributed by atoms with van der Waals surface area (Å²) < 4.78 is 42.0. The van der Waals surface area contributed by atoms with Crippen molar-refractivity contribution in [2.45, 2.75) is 62.5 Å². The largest absolute Gasteiger partial charge is 0.392 e. The van der Waals surface area contributed by atoms with E-state index in [1.54, 1.807) is 30.3 Å². The molecule has 0 aliphatic carbocycles. The number of sulfonamides is 1.